The van der Waals surface area contributed by atoms with Crippen molar-refractivity contribution in [2.24, 2.45) is 0 Å². The van der Waals surface area contributed by atoms with Gasteiger partial charge in [-0.25, -0.2) is 12.8 Å². The Balaban J connectivity index is 1.86. The fraction of sp³-hybridized carbons (Fsp3) is 0.136. The van der Waals surface area contributed by atoms with Gasteiger partial charge in [0.05, 0.1) is 11.4 Å². The van der Waals surface area contributed by atoms with Crippen LogP contribution in [0.3, 0.4) is 0 Å². The SMILES string of the molecule is Cc1ccc(NC(=O)CN(Cc2ccccc2)S(=O)(=O)c2ccc(F)cc2)cc1Cl. The molecule has 30 heavy (non-hydrogen) atoms. The van der Waals surface area contributed by atoms with E-state index < -0.39 is 28.3 Å². The molecule has 8 heteroatoms. The summed E-state index contributed by atoms with van der Waals surface area (Å²) in [6.07, 6.45) is 0. The van der Waals surface area contributed by atoms with Crippen molar-refractivity contribution in [1.29, 1.82) is 0 Å². The number of nitrogens with one attached hydrogen (secondary N) is 1. The minimum atomic E-state index is -4.04. The Bertz CT molecular complexity index is 1140. The third-order valence-corrected chi connectivity index (χ3v) is 6.64. The van der Waals surface area contributed by atoms with E-state index in [4.69, 9.17) is 11.6 Å². The number of carbonyl (C=O) groups excluding carboxylic acids is 1. The molecule has 1 amide bonds. The number of carbonyl (C=O) groups is 1. The molecule has 0 heterocycles. The van der Waals surface area contributed by atoms with Crippen LogP contribution in [0.4, 0.5) is 10.1 Å². The lowest BCUT2D eigenvalue weighted by molar-refractivity contribution is -0.116. The Hall–Kier alpha value is -2.74. The van der Waals surface area contributed by atoms with E-state index in [1.807, 2.05) is 13.0 Å². The van der Waals surface area contributed by atoms with Gasteiger partial charge >= 0.3 is 0 Å². The first-order valence-corrected chi connectivity index (χ1v) is 10.9. The van der Waals surface area contributed by atoms with Gasteiger partial charge in [-0.2, -0.15) is 4.31 Å². The summed E-state index contributed by atoms with van der Waals surface area (Å²) in [7, 11) is -4.04. The highest BCUT2D eigenvalue weighted by atomic mass is 35.5. The van der Waals surface area contributed by atoms with Crippen LogP contribution in [0.25, 0.3) is 0 Å². The molecule has 3 aromatic carbocycles. The second-order valence-corrected chi connectivity index (χ2v) is 9.07. The van der Waals surface area contributed by atoms with Crippen LogP contribution < -0.4 is 5.32 Å². The standard InChI is InChI=1S/C22H20ClFN2O3S/c1-16-7-10-19(13-21(16)23)25-22(27)15-26(14-17-5-3-2-4-6-17)30(28,29)20-11-8-18(24)9-12-20/h2-13H,14-15H2,1H3,(H,25,27). The summed E-state index contributed by atoms with van der Waals surface area (Å²) in [6, 6.07) is 18.5. The number of sulfonamides is 1. The fourth-order valence-electron chi connectivity index (χ4n) is 2.80. The van der Waals surface area contributed by atoms with Gasteiger partial charge in [0.2, 0.25) is 15.9 Å². The van der Waals surface area contributed by atoms with Crippen LogP contribution in [0, 0.1) is 12.7 Å². The molecule has 0 radical (unpaired) electrons. The summed E-state index contributed by atoms with van der Waals surface area (Å²) in [5, 5.41) is 3.16. The van der Waals surface area contributed by atoms with Crippen molar-refractivity contribution in [3.05, 3.63) is 94.8 Å². The van der Waals surface area contributed by atoms with Crippen molar-refractivity contribution < 1.29 is 17.6 Å². The van der Waals surface area contributed by atoms with Gasteiger partial charge in [-0.05, 0) is 54.4 Å². The third-order valence-electron chi connectivity index (χ3n) is 4.43. The zero-order valence-corrected chi connectivity index (χ0v) is 17.8. The first kappa shape index (κ1) is 22.0. The lowest BCUT2D eigenvalue weighted by Crippen LogP contribution is -2.37. The Morgan fingerprint density at radius 1 is 1.03 bits per heavy atom. The predicted octanol–water partition coefficient (Wildman–Crippen LogP) is 4.62. The molecular weight excluding hydrogens is 427 g/mol. The molecule has 0 aliphatic heterocycles. The van der Waals surface area contributed by atoms with Crippen LogP contribution >= 0.6 is 11.6 Å². The van der Waals surface area contributed by atoms with Gasteiger partial charge in [-0.15, -0.1) is 0 Å². The van der Waals surface area contributed by atoms with Gasteiger partial charge in [0.15, 0.2) is 0 Å². The number of aryl methyl sites for hydroxylation is 1. The van der Waals surface area contributed by atoms with Crippen molar-refractivity contribution in [3.63, 3.8) is 0 Å². The molecule has 0 aromatic heterocycles. The largest absolute Gasteiger partial charge is 0.325 e. The lowest BCUT2D eigenvalue weighted by Gasteiger charge is -2.22. The van der Waals surface area contributed by atoms with Gasteiger partial charge in [-0.3, -0.25) is 4.79 Å². The second kappa shape index (κ2) is 9.38. The van der Waals surface area contributed by atoms with E-state index in [9.17, 15) is 17.6 Å². The fourth-order valence-corrected chi connectivity index (χ4v) is 4.36. The average Bonchev–Trinajstić information content (AvgIpc) is 2.71. The molecule has 0 unspecified atom stereocenters. The number of amides is 1. The summed E-state index contributed by atoms with van der Waals surface area (Å²) in [4.78, 5) is 12.5. The zero-order chi connectivity index (χ0) is 21.7. The van der Waals surface area contributed by atoms with E-state index in [2.05, 4.69) is 5.32 Å². The Kier molecular flexibility index (Phi) is 6.87. The number of anilines is 1. The molecule has 156 valence electrons. The Morgan fingerprint density at radius 3 is 2.33 bits per heavy atom. The molecule has 3 rings (SSSR count). The van der Waals surface area contributed by atoms with Crippen molar-refractivity contribution >= 4 is 33.2 Å². The predicted molar refractivity (Wildman–Crippen MR) is 115 cm³/mol. The van der Waals surface area contributed by atoms with Crippen LogP contribution in [-0.4, -0.2) is 25.2 Å². The number of halogens is 2. The normalized spacial score (nSPS) is 11.5. The van der Waals surface area contributed by atoms with Crippen molar-refractivity contribution in [2.45, 2.75) is 18.4 Å². The first-order valence-electron chi connectivity index (χ1n) is 9.11. The molecule has 0 fully saturated rings. The highest BCUT2D eigenvalue weighted by Gasteiger charge is 2.27. The first-order chi connectivity index (χ1) is 14.3. The molecule has 3 aromatic rings. The summed E-state index contributed by atoms with van der Waals surface area (Å²) >= 11 is 6.09. The summed E-state index contributed by atoms with van der Waals surface area (Å²) in [6.45, 7) is 1.41. The molecule has 5 nitrogen and oxygen atoms in total. The molecule has 0 spiro atoms. The lowest BCUT2D eigenvalue weighted by atomic mass is 10.2. The minimum Gasteiger partial charge on any atom is -0.325 e. The van der Waals surface area contributed by atoms with Crippen LogP contribution in [0.1, 0.15) is 11.1 Å². The molecule has 0 aliphatic rings. The van der Waals surface area contributed by atoms with Crippen LogP contribution in [0.5, 0.6) is 0 Å². The second-order valence-electron chi connectivity index (χ2n) is 6.72. The van der Waals surface area contributed by atoms with E-state index in [0.717, 1.165) is 27.6 Å². The van der Waals surface area contributed by atoms with Crippen molar-refractivity contribution in [2.75, 3.05) is 11.9 Å². The average molecular weight is 447 g/mol. The van der Waals surface area contributed by atoms with E-state index in [1.165, 1.54) is 12.1 Å². The van der Waals surface area contributed by atoms with Gasteiger partial charge < -0.3 is 5.32 Å². The van der Waals surface area contributed by atoms with E-state index >= 15 is 0 Å². The van der Waals surface area contributed by atoms with Gasteiger partial charge in [0.1, 0.15) is 5.82 Å². The highest BCUT2D eigenvalue weighted by molar-refractivity contribution is 7.89. The Labute approximate surface area is 180 Å². The maximum Gasteiger partial charge on any atom is 0.243 e. The molecule has 0 bridgehead atoms. The van der Waals surface area contributed by atoms with E-state index in [0.29, 0.717) is 10.7 Å². The monoisotopic (exact) mass is 446 g/mol. The summed E-state index contributed by atoms with van der Waals surface area (Å²) in [5.74, 6) is -1.06. The van der Waals surface area contributed by atoms with Crippen LogP contribution in [0.2, 0.25) is 5.02 Å². The number of hydrogen-bond donors (Lipinski definition) is 1. The van der Waals surface area contributed by atoms with E-state index in [-0.39, 0.29) is 11.4 Å². The maximum absolute atomic E-state index is 13.3. The van der Waals surface area contributed by atoms with Gasteiger partial charge in [0.25, 0.3) is 0 Å². The van der Waals surface area contributed by atoms with Crippen molar-refractivity contribution in [1.82, 2.24) is 4.31 Å². The molecule has 1 N–H and O–H groups in total. The summed E-state index contributed by atoms with van der Waals surface area (Å²) in [5.41, 5.74) is 2.04. The molecule has 0 atom stereocenters. The third kappa shape index (κ3) is 5.44. The topological polar surface area (TPSA) is 66.5 Å². The highest BCUT2D eigenvalue weighted by Crippen LogP contribution is 2.21. The maximum atomic E-state index is 13.3. The summed E-state index contributed by atoms with van der Waals surface area (Å²) < 4.78 is 40.6. The van der Waals surface area contributed by atoms with Gasteiger partial charge in [-0.1, -0.05) is 48.0 Å². The number of benzene rings is 3. The Morgan fingerprint density at radius 2 is 1.70 bits per heavy atom. The zero-order valence-electron chi connectivity index (χ0n) is 16.2. The number of rotatable bonds is 7. The number of nitrogens with zero attached hydrogens (tertiary/aromatic N) is 1. The van der Waals surface area contributed by atoms with E-state index in [1.54, 1.807) is 42.5 Å². The molecule has 0 saturated carbocycles. The molecular formula is C22H20ClFN2O3S. The smallest absolute Gasteiger partial charge is 0.243 e. The molecule has 0 aliphatic carbocycles. The van der Waals surface area contributed by atoms with Gasteiger partial charge in [0, 0.05) is 17.3 Å². The van der Waals surface area contributed by atoms with Crippen molar-refractivity contribution in [3.8, 4) is 0 Å². The van der Waals surface area contributed by atoms with Crippen LogP contribution in [-0.2, 0) is 21.4 Å². The number of hydrogen-bond acceptors (Lipinski definition) is 3. The minimum absolute atomic E-state index is 0.0113. The van der Waals surface area contributed by atoms with Crippen LogP contribution in [0.15, 0.2) is 77.7 Å². The quantitative estimate of drug-likeness (QED) is 0.576. The molecule has 0 saturated heterocycles.